The highest BCUT2D eigenvalue weighted by atomic mass is 16.1. The number of hydrogen-bond donors (Lipinski definition) is 0. The first-order chi connectivity index (χ1) is 5.15. The molecule has 0 N–H and O–H groups in total. The van der Waals surface area contributed by atoms with Crippen molar-refractivity contribution in [3.63, 3.8) is 0 Å². The van der Waals surface area contributed by atoms with E-state index >= 15 is 0 Å². The van der Waals surface area contributed by atoms with Crippen molar-refractivity contribution in [2.24, 2.45) is 12.0 Å². The van der Waals surface area contributed by atoms with Crippen LogP contribution in [0.4, 0.5) is 5.82 Å². The van der Waals surface area contributed by atoms with Gasteiger partial charge >= 0.3 is 5.69 Å². The SMILES string of the molecule is C=Nc1nc(=O)n(C)cc1C. The van der Waals surface area contributed by atoms with Gasteiger partial charge in [0, 0.05) is 18.8 Å². The predicted molar refractivity (Wildman–Crippen MR) is 43.4 cm³/mol. The highest BCUT2D eigenvalue weighted by molar-refractivity contribution is 5.43. The first-order valence-electron chi connectivity index (χ1n) is 3.16. The summed E-state index contributed by atoms with van der Waals surface area (Å²) in [6.45, 7) is 5.13. The van der Waals surface area contributed by atoms with Crippen LogP contribution >= 0.6 is 0 Å². The molecule has 0 unspecified atom stereocenters. The molecule has 1 aromatic heterocycles. The Hall–Kier alpha value is -1.45. The summed E-state index contributed by atoms with van der Waals surface area (Å²) in [4.78, 5) is 18.2. The molecule has 0 saturated carbocycles. The Kier molecular flexibility index (Phi) is 1.85. The molecule has 0 bridgehead atoms. The lowest BCUT2D eigenvalue weighted by Crippen LogP contribution is -2.19. The first kappa shape index (κ1) is 7.65. The van der Waals surface area contributed by atoms with Crippen LogP contribution in [0.15, 0.2) is 16.0 Å². The van der Waals surface area contributed by atoms with Crippen molar-refractivity contribution >= 4 is 12.5 Å². The maximum atomic E-state index is 10.9. The normalized spacial score (nSPS) is 9.64. The third-order valence-electron chi connectivity index (χ3n) is 1.39. The van der Waals surface area contributed by atoms with Gasteiger partial charge in [-0.1, -0.05) is 0 Å². The van der Waals surface area contributed by atoms with Gasteiger partial charge in [0.2, 0.25) is 0 Å². The zero-order valence-electron chi connectivity index (χ0n) is 6.53. The molecule has 0 aliphatic carbocycles. The molecule has 11 heavy (non-hydrogen) atoms. The number of aryl methyl sites for hydroxylation is 2. The Bertz CT molecular complexity index is 340. The van der Waals surface area contributed by atoms with E-state index in [0.29, 0.717) is 5.82 Å². The van der Waals surface area contributed by atoms with Gasteiger partial charge in [0.05, 0.1) is 0 Å². The lowest BCUT2D eigenvalue weighted by molar-refractivity contribution is 0.802. The quantitative estimate of drug-likeness (QED) is 0.546. The van der Waals surface area contributed by atoms with E-state index in [1.54, 1.807) is 13.2 Å². The van der Waals surface area contributed by atoms with Crippen molar-refractivity contribution in [3.05, 3.63) is 22.2 Å². The van der Waals surface area contributed by atoms with Gasteiger partial charge in [0.1, 0.15) is 0 Å². The van der Waals surface area contributed by atoms with Crippen molar-refractivity contribution in [2.45, 2.75) is 6.92 Å². The van der Waals surface area contributed by atoms with E-state index in [-0.39, 0.29) is 5.69 Å². The highest BCUT2D eigenvalue weighted by Crippen LogP contribution is 2.08. The fourth-order valence-electron chi connectivity index (χ4n) is 0.821. The molecule has 0 amide bonds. The minimum Gasteiger partial charge on any atom is -0.302 e. The number of aliphatic imine (C=N–C) groups is 1. The average Bonchev–Trinajstić information content (AvgIpc) is 1.97. The zero-order valence-corrected chi connectivity index (χ0v) is 6.53. The predicted octanol–water partition coefficient (Wildman–Crippen LogP) is 0.421. The van der Waals surface area contributed by atoms with Crippen molar-refractivity contribution in [3.8, 4) is 0 Å². The standard InChI is InChI=1S/C7H9N3O/c1-5-4-10(3)7(11)9-6(5)8-2/h4H,2H2,1,3H3. The molecule has 1 heterocycles. The van der Waals surface area contributed by atoms with Crippen molar-refractivity contribution < 1.29 is 0 Å². The molecule has 4 heteroatoms. The minimum absolute atomic E-state index is 0.307. The molecule has 0 radical (unpaired) electrons. The minimum atomic E-state index is -0.307. The van der Waals surface area contributed by atoms with E-state index in [4.69, 9.17) is 0 Å². The van der Waals surface area contributed by atoms with Gasteiger partial charge in [-0.25, -0.2) is 9.79 Å². The van der Waals surface area contributed by atoms with E-state index < -0.39 is 0 Å². The summed E-state index contributed by atoms with van der Waals surface area (Å²) in [7, 11) is 1.65. The number of aromatic nitrogens is 2. The van der Waals surface area contributed by atoms with Crippen molar-refractivity contribution in [1.29, 1.82) is 0 Å². The molecule has 1 aromatic rings. The molecule has 0 aromatic carbocycles. The number of hydrogen-bond acceptors (Lipinski definition) is 3. The smallest absolute Gasteiger partial charge is 0.302 e. The first-order valence-corrected chi connectivity index (χ1v) is 3.16. The molecular weight excluding hydrogens is 142 g/mol. The van der Waals surface area contributed by atoms with Crippen molar-refractivity contribution in [1.82, 2.24) is 9.55 Å². The molecule has 0 aliphatic rings. The summed E-state index contributed by atoms with van der Waals surface area (Å²) < 4.78 is 1.41. The number of nitrogens with zero attached hydrogens (tertiary/aromatic N) is 3. The van der Waals surface area contributed by atoms with Gasteiger partial charge in [-0.3, -0.25) is 0 Å². The number of rotatable bonds is 1. The second-order valence-electron chi connectivity index (χ2n) is 2.30. The Morgan fingerprint density at radius 3 is 2.91 bits per heavy atom. The summed E-state index contributed by atoms with van der Waals surface area (Å²) in [5.74, 6) is 0.410. The molecule has 58 valence electrons. The molecule has 0 fully saturated rings. The van der Waals surface area contributed by atoms with Gasteiger partial charge in [-0.2, -0.15) is 4.98 Å². The Morgan fingerprint density at radius 1 is 1.73 bits per heavy atom. The van der Waals surface area contributed by atoms with Crippen LogP contribution in [0.1, 0.15) is 5.56 Å². The van der Waals surface area contributed by atoms with E-state index in [1.807, 2.05) is 6.92 Å². The van der Waals surface area contributed by atoms with Crippen molar-refractivity contribution in [2.75, 3.05) is 0 Å². The summed E-state index contributed by atoms with van der Waals surface area (Å²) >= 11 is 0. The van der Waals surface area contributed by atoms with E-state index in [1.165, 1.54) is 4.57 Å². The monoisotopic (exact) mass is 151 g/mol. The van der Waals surface area contributed by atoms with Gasteiger partial charge < -0.3 is 4.57 Å². The zero-order chi connectivity index (χ0) is 8.43. The average molecular weight is 151 g/mol. The highest BCUT2D eigenvalue weighted by Gasteiger charge is 1.98. The molecule has 0 aliphatic heterocycles. The molecule has 4 nitrogen and oxygen atoms in total. The second-order valence-corrected chi connectivity index (χ2v) is 2.30. The second kappa shape index (κ2) is 2.65. The van der Waals surface area contributed by atoms with Gasteiger partial charge in [-0.05, 0) is 13.6 Å². The Balaban J connectivity index is 3.44. The fraction of sp³-hybridized carbons (Fsp3) is 0.286. The van der Waals surface area contributed by atoms with E-state index in [0.717, 1.165) is 5.56 Å². The van der Waals surface area contributed by atoms with Crippen LogP contribution in [0.5, 0.6) is 0 Å². The topological polar surface area (TPSA) is 47.2 Å². The summed E-state index contributed by atoms with van der Waals surface area (Å²) in [5.41, 5.74) is 0.542. The van der Waals surface area contributed by atoms with E-state index in [9.17, 15) is 4.79 Å². The lowest BCUT2D eigenvalue weighted by atomic mass is 10.3. The van der Waals surface area contributed by atoms with Gasteiger partial charge in [0.15, 0.2) is 5.82 Å². The van der Waals surface area contributed by atoms with Gasteiger partial charge in [-0.15, -0.1) is 0 Å². The van der Waals surface area contributed by atoms with Crippen LogP contribution in [-0.4, -0.2) is 16.3 Å². The third-order valence-corrected chi connectivity index (χ3v) is 1.39. The maximum Gasteiger partial charge on any atom is 0.349 e. The van der Waals surface area contributed by atoms with Crippen LogP contribution in [0.2, 0.25) is 0 Å². The summed E-state index contributed by atoms with van der Waals surface area (Å²) in [6, 6.07) is 0. The summed E-state index contributed by atoms with van der Waals surface area (Å²) in [5, 5.41) is 0. The fourth-order valence-corrected chi connectivity index (χ4v) is 0.821. The van der Waals surface area contributed by atoms with Crippen LogP contribution < -0.4 is 5.69 Å². The van der Waals surface area contributed by atoms with Crippen LogP contribution in [0, 0.1) is 6.92 Å². The molecule has 1 rings (SSSR count). The van der Waals surface area contributed by atoms with E-state index in [2.05, 4.69) is 16.7 Å². The van der Waals surface area contributed by atoms with Crippen LogP contribution in [-0.2, 0) is 7.05 Å². The Labute approximate surface area is 64.2 Å². The lowest BCUT2D eigenvalue weighted by Gasteiger charge is -1.99. The third kappa shape index (κ3) is 1.34. The maximum absolute atomic E-state index is 10.9. The molecular formula is C7H9N3O. The summed E-state index contributed by atoms with van der Waals surface area (Å²) in [6.07, 6.45) is 1.68. The molecule has 0 spiro atoms. The largest absolute Gasteiger partial charge is 0.349 e. The van der Waals surface area contributed by atoms with Gasteiger partial charge in [0.25, 0.3) is 0 Å². The molecule has 0 saturated heterocycles. The molecule has 0 atom stereocenters. The Morgan fingerprint density at radius 2 is 2.36 bits per heavy atom. The van der Waals surface area contributed by atoms with Crippen LogP contribution in [0.25, 0.3) is 0 Å². The van der Waals surface area contributed by atoms with Crippen LogP contribution in [0.3, 0.4) is 0 Å².